The maximum Gasteiger partial charge on any atom is 0.348 e. The first kappa shape index (κ1) is 44.8. The summed E-state index contributed by atoms with van der Waals surface area (Å²) in [6.07, 6.45) is 3.24. The van der Waals surface area contributed by atoms with E-state index in [4.69, 9.17) is 27.9 Å². The molecule has 6 aromatic rings. The van der Waals surface area contributed by atoms with Crippen LogP contribution in [0.3, 0.4) is 0 Å². The second-order valence-electron chi connectivity index (χ2n) is 16.0. The number of amides is 1. The molecular formula is C45H48Cl2FN9O6. The molecule has 4 heterocycles. The van der Waals surface area contributed by atoms with E-state index in [0.29, 0.717) is 76.4 Å². The lowest BCUT2D eigenvalue weighted by Crippen LogP contribution is -2.48. The highest BCUT2D eigenvalue weighted by Gasteiger charge is 2.25. The van der Waals surface area contributed by atoms with Crippen LogP contribution in [0.4, 0.5) is 10.2 Å². The highest BCUT2D eigenvalue weighted by molar-refractivity contribution is 6.33. The van der Waals surface area contributed by atoms with Gasteiger partial charge in [0, 0.05) is 78.9 Å². The molecule has 15 nitrogen and oxygen atoms in total. The van der Waals surface area contributed by atoms with E-state index in [1.54, 1.807) is 60.9 Å². The predicted molar refractivity (Wildman–Crippen MR) is 239 cm³/mol. The Labute approximate surface area is 372 Å². The van der Waals surface area contributed by atoms with Crippen molar-refractivity contribution in [3.05, 3.63) is 128 Å². The molecule has 3 aromatic carbocycles. The Morgan fingerprint density at radius 1 is 0.937 bits per heavy atom. The zero-order valence-electron chi connectivity index (χ0n) is 35.1. The van der Waals surface area contributed by atoms with Crippen molar-refractivity contribution in [3.63, 3.8) is 0 Å². The van der Waals surface area contributed by atoms with E-state index in [1.807, 2.05) is 38.7 Å². The number of H-pyrrole nitrogens is 2. The van der Waals surface area contributed by atoms with Crippen LogP contribution in [0.2, 0.25) is 10.0 Å². The summed E-state index contributed by atoms with van der Waals surface area (Å²) in [6, 6.07) is 17.1. The number of pyridine rings is 1. The number of carbonyl (C=O) groups is 2. The van der Waals surface area contributed by atoms with Crippen molar-refractivity contribution in [1.29, 1.82) is 0 Å². The van der Waals surface area contributed by atoms with E-state index in [9.17, 15) is 24.6 Å². The molecule has 1 aliphatic rings. The number of piperazine rings is 1. The molecule has 1 saturated heterocycles. The van der Waals surface area contributed by atoms with Crippen LogP contribution in [-0.4, -0.2) is 102 Å². The zero-order valence-corrected chi connectivity index (χ0v) is 36.6. The van der Waals surface area contributed by atoms with Gasteiger partial charge in [0.15, 0.2) is 5.82 Å². The number of phenols is 2. The van der Waals surface area contributed by atoms with Gasteiger partial charge in [-0.3, -0.25) is 19.4 Å². The number of aromatic hydroxyl groups is 2. The predicted octanol–water partition coefficient (Wildman–Crippen LogP) is 7.25. The van der Waals surface area contributed by atoms with Crippen molar-refractivity contribution in [2.24, 2.45) is 0 Å². The number of nitrogens with zero attached hydrogens (tertiary/aromatic N) is 5. The van der Waals surface area contributed by atoms with E-state index in [2.05, 4.69) is 35.7 Å². The van der Waals surface area contributed by atoms with Gasteiger partial charge >= 0.3 is 11.7 Å². The number of halogens is 3. The second-order valence-corrected chi connectivity index (χ2v) is 16.9. The van der Waals surface area contributed by atoms with Crippen LogP contribution in [-0.2, 0) is 16.1 Å². The Kier molecular flexibility index (Phi) is 13.9. The van der Waals surface area contributed by atoms with Gasteiger partial charge in [0.2, 0.25) is 0 Å². The monoisotopic (exact) mass is 899 g/mol. The van der Waals surface area contributed by atoms with Crippen LogP contribution in [0.1, 0.15) is 66.8 Å². The van der Waals surface area contributed by atoms with E-state index >= 15 is 4.39 Å². The number of rotatable bonds is 15. The molecule has 1 amide bonds. The lowest BCUT2D eigenvalue weighted by Gasteiger charge is -2.34. The van der Waals surface area contributed by atoms with Crippen molar-refractivity contribution < 1.29 is 28.9 Å². The molecule has 6 N–H and O–H groups in total. The van der Waals surface area contributed by atoms with Crippen molar-refractivity contribution in [3.8, 4) is 39.7 Å². The molecule has 0 bridgehead atoms. The number of hydrogen-bond donors (Lipinski definition) is 6. The van der Waals surface area contributed by atoms with Crippen LogP contribution in [0.5, 0.6) is 11.5 Å². The second kappa shape index (κ2) is 19.5. The Balaban J connectivity index is 0.940. The number of esters is 1. The van der Waals surface area contributed by atoms with E-state index in [0.717, 1.165) is 0 Å². The standard InChI is InChI=1S/C45H48Cl2FN9O6/c1-25(2)32-17-34(40(59)19-39(32)58)43-53-54-45(62)57(43)31-9-8-28(36(48)16-31)22-55-10-12-56(13-11-55)23-42(60)63-24-38(27-6-5-7-30(46)14-27)52-44(61)37-15-29(20-49-37)33-18-41(51-26(3)4)50-21-35(33)47/h5-9,14-21,25-26,38,49,58-59H,10-13,22-24H2,1-4H3,(H,50,51)(H,52,61)(H,54,62). The molecule has 1 fully saturated rings. The van der Waals surface area contributed by atoms with Crippen molar-refractivity contribution in [1.82, 2.24) is 39.8 Å². The number of anilines is 1. The molecule has 3 aromatic heterocycles. The van der Waals surface area contributed by atoms with Gasteiger partial charge in [0.05, 0.1) is 28.9 Å². The average Bonchev–Trinajstić information content (AvgIpc) is 3.89. The largest absolute Gasteiger partial charge is 0.508 e. The normalized spacial score (nSPS) is 14.0. The Bertz CT molecular complexity index is 2670. The average molecular weight is 901 g/mol. The van der Waals surface area contributed by atoms with Crippen LogP contribution >= 0.6 is 23.2 Å². The fourth-order valence-electron chi connectivity index (χ4n) is 7.40. The molecule has 1 aliphatic heterocycles. The van der Waals surface area contributed by atoms with Crippen LogP contribution in [0.15, 0.2) is 83.9 Å². The van der Waals surface area contributed by atoms with E-state index in [-0.39, 0.29) is 59.4 Å². The number of carbonyl (C=O) groups excluding carboxylic acids is 2. The molecule has 0 aliphatic carbocycles. The molecule has 0 radical (unpaired) electrons. The smallest absolute Gasteiger partial charge is 0.348 e. The Morgan fingerprint density at radius 3 is 2.41 bits per heavy atom. The summed E-state index contributed by atoms with van der Waals surface area (Å²) in [5.41, 5.74) is 3.08. The summed E-state index contributed by atoms with van der Waals surface area (Å²) in [4.78, 5) is 51.0. The minimum Gasteiger partial charge on any atom is -0.508 e. The van der Waals surface area contributed by atoms with Gasteiger partial charge in [-0.25, -0.2) is 23.8 Å². The summed E-state index contributed by atoms with van der Waals surface area (Å²) >= 11 is 12.8. The minimum absolute atomic E-state index is 0.0183. The maximum absolute atomic E-state index is 15.6. The third kappa shape index (κ3) is 10.7. The van der Waals surface area contributed by atoms with Gasteiger partial charge in [0.1, 0.15) is 35.4 Å². The summed E-state index contributed by atoms with van der Waals surface area (Å²) in [5.74, 6) is -1.15. The highest BCUT2D eigenvalue weighted by atomic mass is 35.5. The van der Waals surface area contributed by atoms with Crippen molar-refractivity contribution in [2.75, 3.05) is 44.6 Å². The molecule has 1 atom stereocenters. The topological polar surface area (TPSA) is 194 Å². The molecule has 7 rings (SSSR count). The molecule has 0 saturated carbocycles. The lowest BCUT2D eigenvalue weighted by atomic mass is 9.98. The number of aromatic amines is 2. The quantitative estimate of drug-likeness (QED) is 0.0569. The first-order valence-electron chi connectivity index (χ1n) is 20.4. The van der Waals surface area contributed by atoms with E-state index in [1.165, 1.54) is 16.7 Å². The van der Waals surface area contributed by atoms with Gasteiger partial charge in [-0.05, 0) is 73.4 Å². The number of phenolic OH excluding ortho intramolecular Hbond substituents is 2. The van der Waals surface area contributed by atoms with Gasteiger partial charge in [-0.2, -0.15) is 5.10 Å². The maximum atomic E-state index is 15.6. The number of nitrogens with one attached hydrogen (secondary N) is 4. The molecule has 330 valence electrons. The van der Waals surface area contributed by atoms with E-state index < -0.39 is 29.4 Å². The summed E-state index contributed by atoms with van der Waals surface area (Å²) < 4.78 is 22.5. The molecule has 1 unspecified atom stereocenters. The molecule has 0 spiro atoms. The summed E-state index contributed by atoms with van der Waals surface area (Å²) in [7, 11) is 0. The Morgan fingerprint density at radius 2 is 1.70 bits per heavy atom. The lowest BCUT2D eigenvalue weighted by molar-refractivity contribution is -0.146. The first-order valence-corrected chi connectivity index (χ1v) is 21.2. The van der Waals surface area contributed by atoms with Crippen molar-refractivity contribution in [2.45, 2.75) is 52.2 Å². The minimum atomic E-state index is -0.715. The number of hydrogen-bond acceptors (Lipinski definition) is 11. The van der Waals surface area contributed by atoms with Gasteiger partial charge in [0.25, 0.3) is 5.91 Å². The number of ether oxygens (including phenoxy) is 1. The molecule has 63 heavy (non-hydrogen) atoms. The zero-order chi connectivity index (χ0) is 44.9. The van der Waals surface area contributed by atoms with Crippen LogP contribution in [0.25, 0.3) is 28.2 Å². The summed E-state index contributed by atoms with van der Waals surface area (Å²) in [5, 5.41) is 34.5. The summed E-state index contributed by atoms with van der Waals surface area (Å²) in [6.45, 7) is 10.1. The number of aromatic nitrogens is 5. The first-order chi connectivity index (χ1) is 30.1. The fourth-order valence-corrected chi connectivity index (χ4v) is 7.81. The van der Waals surface area contributed by atoms with Gasteiger partial charge in [-0.1, -0.05) is 55.2 Å². The third-order valence-electron chi connectivity index (χ3n) is 10.7. The van der Waals surface area contributed by atoms with Gasteiger partial charge in [-0.15, -0.1) is 0 Å². The SMILES string of the molecule is CC(C)Nc1cc(-c2c[nH]c(C(=O)NC(COC(=O)CN3CCN(Cc4ccc(-n5c(-c6cc(C(C)C)c(O)cc6O)n[nH]c5=O)cc4F)CC3)c3cccc(Cl)c3)c2)c(Cl)cn1. The molecule has 18 heteroatoms. The third-order valence-corrected chi connectivity index (χ3v) is 11.2. The number of benzene rings is 3. The van der Waals surface area contributed by atoms with Crippen LogP contribution < -0.4 is 16.3 Å². The highest BCUT2D eigenvalue weighted by Crippen LogP contribution is 2.37. The Hall–Kier alpha value is -6.20. The fraction of sp³-hybridized carbons (Fsp3) is 0.311. The molecular weight excluding hydrogens is 852 g/mol. The van der Waals surface area contributed by atoms with Crippen molar-refractivity contribution >= 4 is 40.9 Å². The van der Waals surface area contributed by atoms with Gasteiger partial charge < -0.3 is 30.6 Å². The van der Waals surface area contributed by atoms with Crippen LogP contribution in [0, 0.1) is 5.82 Å².